The number of fused-ring (bicyclic) bond motifs is 3. The minimum Gasteiger partial charge on any atom is -0.507 e. The van der Waals surface area contributed by atoms with E-state index < -0.39 is 69.6 Å². The van der Waals surface area contributed by atoms with Crippen LogP contribution in [0.25, 0.3) is 5.76 Å². The Morgan fingerprint density at radius 2 is 1.89 bits per heavy atom. The monoisotopic (exact) mass is 622 g/mol. The Morgan fingerprint density at radius 3 is 2.47 bits per heavy atom. The molecule has 1 saturated carbocycles. The van der Waals surface area contributed by atoms with Crippen molar-refractivity contribution in [3.05, 3.63) is 62.5 Å². The van der Waals surface area contributed by atoms with E-state index in [9.17, 15) is 39.4 Å². The molecule has 2 aromatic rings. The van der Waals surface area contributed by atoms with Gasteiger partial charge in [0.1, 0.15) is 22.8 Å². The van der Waals surface area contributed by atoms with E-state index in [0.29, 0.717) is 11.3 Å². The molecule has 3 aliphatic carbocycles. The first-order chi connectivity index (χ1) is 21.3. The number of carbonyl (C=O) groups is 4. The lowest BCUT2D eigenvalue weighted by Gasteiger charge is -2.50. The zero-order valence-electron chi connectivity index (χ0n) is 24.6. The predicted molar refractivity (Wildman–Crippen MR) is 154 cm³/mol. The number of ketones is 2. The Bertz CT molecular complexity index is 1710. The largest absolute Gasteiger partial charge is 0.507 e. The summed E-state index contributed by atoms with van der Waals surface area (Å²) in [6.07, 6.45) is 1.29. The number of nitrogens with one attached hydrogen (secondary N) is 3. The number of benzene rings is 1. The lowest BCUT2D eigenvalue weighted by atomic mass is 9.56. The summed E-state index contributed by atoms with van der Waals surface area (Å²) in [4.78, 5) is 68.4. The van der Waals surface area contributed by atoms with Gasteiger partial charge in [-0.2, -0.15) is 5.53 Å². The fraction of sp³-hybridized carbons (Fsp3) is 0.393. The van der Waals surface area contributed by atoms with Crippen LogP contribution in [0.1, 0.15) is 33.7 Å². The highest BCUT2D eigenvalue weighted by molar-refractivity contribution is 6.33. The van der Waals surface area contributed by atoms with Crippen LogP contribution in [0, 0.1) is 22.3 Å². The first-order valence-electron chi connectivity index (χ1n) is 13.7. The van der Waals surface area contributed by atoms with Crippen molar-refractivity contribution >= 4 is 34.8 Å². The molecule has 1 aromatic heterocycles. The van der Waals surface area contributed by atoms with Gasteiger partial charge in [0.2, 0.25) is 17.3 Å². The van der Waals surface area contributed by atoms with E-state index in [0.717, 1.165) is 0 Å². The van der Waals surface area contributed by atoms with E-state index in [4.69, 9.17) is 10.1 Å². The quantitative estimate of drug-likeness (QED) is 0.0784. The van der Waals surface area contributed by atoms with Crippen molar-refractivity contribution < 1.29 is 39.0 Å². The zero-order chi connectivity index (χ0) is 33.0. The highest BCUT2D eigenvalue weighted by atomic mass is 16.5. The van der Waals surface area contributed by atoms with Gasteiger partial charge in [0.25, 0.3) is 11.8 Å². The molecule has 3 aliphatic rings. The Kier molecular flexibility index (Phi) is 7.84. The minimum absolute atomic E-state index is 0.0664. The molecule has 1 aromatic carbocycles. The second-order valence-electron chi connectivity index (χ2n) is 11.5. The average Bonchev–Trinajstić information content (AvgIpc) is 3.53. The number of phenols is 1. The number of carbonyl (C=O) groups excluding carboxylic acids is 4. The van der Waals surface area contributed by atoms with Gasteiger partial charge < -0.3 is 35.0 Å². The third-order valence-corrected chi connectivity index (χ3v) is 8.59. The maximum Gasteiger partial charge on any atom is 0.290 e. The Morgan fingerprint density at radius 1 is 1.18 bits per heavy atom. The maximum atomic E-state index is 14.2. The van der Waals surface area contributed by atoms with E-state index in [2.05, 4.69) is 20.9 Å². The van der Waals surface area contributed by atoms with Crippen LogP contribution in [0.15, 0.2) is 50.1 Å². The number of aliphatic hydroxyl groups is 2. The zero-order valence-corrected chi connectivity index (χ0v) is 24.6. The second kappa shape index (κ2) is 11.3. The number of hydrogen-bond donors (Lipinski definition) is 6. The van der Waals surface area contributed by atoms with Gasteiger partial charge in [-0.25, -0.2) is 5.43 Å². The van der Waals surface area contributed by atoms with Gasteiger partial charge in [-0.1, -0.05) is 10.4 Å². The number of aromatic hydroxyl groups is 1. The molecule has 6 N–H and O–H groups in total. The average molecular weight is 623 g/mol. The van der Waals surface area contributed by atoms with Crippen molar-refractivity contribution in [3.63, 3.8) is 0 Å². The van der Waals surface area contributed by atoms with Crippen LogP contribution in [0.2, 0.25) is 0 Å². The summed E-state index contributed by atoms with van der Waals surface area (Å²) in [6, 6.07) is 1.80. The van der Waals surface area contributed by atoms with Gasteiger partial charge in [-0.05, 0) is 49.7 Å². The molecular formula is C28H30N8O9. The van der Waals surface area contributed by atoms with Crippen LogP contribution in [-0.4, -0.2) is 88.6 Å². The summed E-state index contributed by atoms with van der Waals surface area (Å²) in [6.45, 7) is -0.208. The van der Waals surface area contributed by atoms with Crippen LogP contribution in [-0.2, 0) is 27.3 Å². The van der Waals surface area contributed by atoms with Crippen LogP contribution < -0.4 is 15.6 Å². The lowest BCUT2D eigenvalue weighted by Crippen LogP contribution is -2.67. The molecule has 17 heteroatoms. The molecule has 0 spiro atoms. The van der Waals surface area contributed by atoms with Crippen molar-refractivity contribution in [2.24, 2.45) is 22.2 Å². The summed E-state index contributed by atoms with van der Waals surface area (Å²) in [7, 11) is 6.50. The molecule has 2 amide bonds. The fourth-order valence-electron chi connectivity index (χ4n) is 6.67. The Labute approximate surface area is 255 Å². The molecule has 236 valence electrons. The third kappa shape index (κ3) is 4.67. The van der Waals surface area contributed by atoms with Gasteiger partial charge in [0, 0.05) is 49.4 Å². The van der Waals surface area contributed by atoms with Crippen molar-refractivity contribution in [3.8, 4) is 5.75 Å². The van der Waals surface area contributed by atoms with Gasteiger partial charge in [0.05, 0.1) is 17.8 Å². The molecule has 0 saturated heterocycles. The predicted octanol–water partition coefficient (Wildman–Crippen LogP) is 0.733. The normalized spacial score (nSPS) is 24.1. The first kappa shape index (κ1) is 31.1. The number of anilines is 1. The van der Waals surface area contributed by atoms with E-state index in [1.54, 1.807) is 30.5 Å². The third-order valence-electron chi connectivity index (χ3n) is 8.59. The maximum absolute atomic E-state index is 14.2. The Hall–Kier alpha value is -5.29. The molecule has 4 atom stereocenters. The van der Waals surface area contributed by atoms with Crippen LogP contribution in [0.3, 0.4) is 0 Å². The van der Waals surface area contributed by atoms with Gasteiger partial charge >= 0.3 is 0 Å². The number of aliphatic hydroxyl groups excluding tert-OH is 1. The molecule has 0 aliphatic heterocycles. The minimum atomic E-state index is -2.90. The first-order valence-corrected chi connectivity index (χ1v) is 13.7. The van der Waals surface area contributed by atoms with E-state index >= 15 is 0 Å². The molecule has 0 radical (unpaired) electrons. The van der Waals surface area contributed by atoms with E-state index in [1.807, 2.05) is 0 Å². The number of nitrogens with zero attached hydrogens (tertiary/aromatic N) is 5. The standard InChI is InChI=1S/C28H30N8O9/c1-35(2)15-9-12(10-30-26(41)16-5-6-31-45-16)22(37)18-13(15)7-11-8-14-21(36(3)4)20(33-44)19(27(42)32-34-29)25(40)28(14,43)24(39)17(11)23(18)38/h5-6,9,11,14,21,37-38,43H,7-8,10H2,1-4H3,(H,30,41)(H2,29,32,42)/t11-,14-,21?,28-/m0/s1. The van der Waals surface area contributed by atoms with E-state index in [1.165, 1.54) is 31.3 Å². The number of Topliss-reactive ketones (excluding diaryl/α,β-unsaturated/α-hetero) is 2. The number of likely N-dealkylation sites (N-methyl/N-ethyl adjacent to an activating group) is 1. The van der Waals surface area contributed by atoms with Crippen molar-refractivity contribution in [2.75, 3.05) is 33.1 Å². The number of amides is 2. The summed E-state index contributed by atoms with van der Waals surface area (Å²) >= 11 is 0. The van der Waals surface area contributed by atoms with Gasteiger partial charge in [0.15, 0.2) is 5.60 Å². The second-order valence-corrected chi connectivity index (χ2v) is 11.5. The van der Waals surface area contributed by atoms with Gasteiger partial charge in [-0.15, -0.1) is 4.91 Å². The van der Waals surface area contributed by atoms with E-state index in [-0.39, 0.29) is 41.8 Å². The summed E-state index contributed by atoms with van der Waals surface area (Å²) in [5.41, 5.74) is 5.09. The van der Waals surface area contributed by atoms with Crippen molar-refractivity contribution in [2.45, 2.75) is 31.0 Å². The molecule has 1 fully saturated rings. The fourth-order valence-corrected chi connectivity index (χ4v) is 6.67. The summed E-state index contributed by atoms with van der Waals surface area (Å²) in [5, 5.41) is 46.6. The molecule has 1 heterocycles. The van der Waals surface area contributed by atoms with Crippen LogP contribution in [0.4, 0.5) is 5.69 Å². The number of phenolic OH excluding ortho intramolecular Hbond substituents is 1. The lowest BCUT2D eigenvalue weighted by molar-refractivity contribution is -0.161. The molecule has 45 heavy (non-hydrogen) atoms. The summed E-state index contributed by atoms with van der Waals surface area (Å²) < 4.78 is 4.85. The Balaban J connectivity index is 1.65. The van der Waals surface area contributed by atoms with Crippen LogP contribution in [0.5, 0.6) is 5.75 Å². The molecule has 17 nitrogen and oxygen atoms in total. The van der Waals surface area contributed by atoms with Crippen molar-refractivity contribution in [1.82, 2.24) is 20.8 Å². The highest BCUT2D eigenvalue weighted by Crippen LogP contribution is 2.54. The number of rotatable bonds is 8. The van der Waals surface area contributed by atoms with Crippen molar-refractivity contribution in [1.29, 1.82) is 5.53 Å². The van der Waals surface area contributed by atoms with Crippen LogP contribution >= 0.6 is 0 Å². The molecule has 0 bridgehead atoms. The topological polar surface area (TPSA) is 251 Å². The summed E-state index contributed by atoms with van der Waals surface area (Å²) in [5.74, 6) is -7.75. The number of nitroso groups, excluding NO2 is 1. The molecular weight excluding hydrogens is 592 g/mol. The SMILES string of the molecule is CN(C)c1cc(CNC(=O)c2ccno2)c(O)c2c1C[C@H]1C[C@H]3C(N(C)C)C(N=O)=C(C(=O)NN=N)C(=O)[C@@]3(O)C(=O)C1=C2O. The van der Waals surface area contributed by atoms with Gasteiger partial charge in [-0.3, -0.25) is 19.2 Å². The smallest absolute Gasteiger partial charge is 0.290 e. The highest BCUT2D eigenvalue weighted by Gasteiger charge is 2.65. The molecule has 5 rings (SSSR count). The number of hydrogen-bond acceptors (Lipinski definition) is 15. The number of aromatic nitrogens is 1. The molecule has 1 unspecified atom stereocenters.